The van der Waals surface area contributed by atoms with Crippen molar-refractivity contribution in [2.45, 2.75) is 77.9 Å². The first-order valence-corrected chi connectivity index (χ1v) is 11.6. The Hall–Kier alpha value is -1.22. The molecule has 0 aliphatic rings. The van der Waals surface area contributed by atoms with Crippen LogP contribution in [0.4, 0.5) is 5.69 Å². The third kappa shape index (κ3) is 9.42. The van der Waals surface area contributed by atoms with Crippen LogP contribution < -0.4 is 0 Å². The van der Waals surface area contributed by atoms with Gasteiger partial charge in [-0.05, 0) is 0 Å². The van der Waals surface area contributed by atoms with Gasteiger partial charge < -0.3 is 0 Å². The molecular formula is C18H31ClN3O6P. The summed E-state index contributed by atoms with van der Waals surface area (Å²) in [5.74, 6) is 0. The van der Waals surface area contributed by atoms with Gasteiger partial charge in [0, 0.05) is 0 Å². The average Bonchev–Trinajstić information content (AvgIpc) is 2.58. The third-order valence-electron chi connectivity index (χ3n) is 3.35. The van der Waals surface area contributed by atoms with Crippen molar-refractivity contribution >= 4 is 25.4 Å². The second-order valence-corrected chi connectivity index (χ2v) is 9.75. The first-order chi connectivity index (χ1) is 13.4. The van der Waals surface area contributed by atoms with Gasteiger partial charge in [0.25, 0.3) is 0 Å². The summed E-state index contributed by atoms with van der Waals surface area (Å²) in [4.78, 5) is 14.4. The monoisotopic (exact) mass is 451 g/mol. The van der Waals surface area contributed by atoms with E-state index in [1.54, 1.807) is 12.1 Å². The molecule has 2 atom stereocenters. The van der Waals surface area contributed by atoms with Gasteiger partial charge in [0.05, 0.1) is 0 Å². The molecule has 0 bridgehead atoms. The Balaban J connectivity index is 2.91. The Morgan fingerprint density at radius 3 is 1.86 bits per heavy atom. The number of alkyl halides is 1. The summed E-state index contributed by atoms with van der Waals surface area (Å²) in [6.07, 6.45) is -1.80. The number of aliphatic hydroxyl groups excluding tert-OH is 1. The number of rotatable bonds is 12. The van der Waals surface area contributed by atoms with Crippen molar-refractivity contribution in [3.8, 4) is 0 Å². The molecule has 0 saturated heterocycles. The number of non-ortho nitro benzene ring substituents is 1. The van der Waals surface area contributed by atoms with Crippen molar-refractivity contribution in [2.75, 3.05) is 0 Å². The summed E-state index contributed by atoms with van der Waals surface area (Å²) in [5.41, 5.74) is 0.599. The number of aliphatic hydroxyl groups is 1. The van der Waals surface area contributed by atoms with Gasteiger partial charge >= 0.3 is 177 Å². The normalized spacial score (nSPS) is 15.4. The molecule has 0 amide bonds. The van der Waals surface area contributed by atoms with Crippen LogP contribution in [0.1, 0.15) is 58.9 Å². The number of halogens is 1. The minimum absolute atomic E-state index is 0.0314. The van der Waals surface area contributed by atoms with Crippen LogP contribution in [0.2, 0.25) is 0 Å². The number of hydrogen-bond donors (Lipinski definition) is 1. The average molecular weight is 452 g/mol. The van der Waals surface area contributed by atoms with Gasteiger partial charge in [-0.2, -0.15) is 0 Å². The Bertz CT molecular complexity index is 646. The maximum atomic E-state index is 10.7. The first kappa shape index (κ1) is 25.8. The van der Waals surface area contributed by atoms with Crippen LogP contribution in [0, 0.1) is 10.1 Å². The van der Waals surface area contributed by atoms with E-state index in [4.69, 9.17) is 25.2 Å². The van der Waals surface area contributed by atoms with Crippen molar-refractivity contribution in [1.82, 2.24) is 0 Å². The van der Waals surface area contributed by atoms with Crippen molar-refractivity contribution in [1.29, 1.82) is 0 Å². The fourth-order valence-electron chi connectivity index (χ4n) is 2.36. The Kier molecular flexibility index (Phi) is 10.5. The second-order valence-electron chi connectivity index (χ2n) is 7.27. The molecule has 1 rings (SSSR count). The number of nitrogens with zero attached hydrogens (tertiary/aromatic N) is 3. The molecule has 0 spiro atoms. The van der Waals surface area contributed by atoms with Crippen molar-refractivity contribution in [3.05, 3.63) is 39.9 Å². The predicted octanol–water partition coefficient (Wildman–Crippen LogP) is 5.72. The predicted molar refractivity (Wildman–Crippen MR) is 114 cm³/mol. The number of benzene rings is 1. The number of hydrogen-bond acceptors (Lipinski definition) is 8. The van der Waals surface area contributed by atoms with Gasteiger partial charge in [-0.1, -0.05) is 0 Å². The van der Waals surface area contributed by atoms with E-state index in [9.17, 15) is 15.2 Å². The molecule has 0 aliphatic heterocycles. The van der Waals surface area contributed by atoms with E-state index in [0.29, 0.717) is 5.56 Å². The SMILES string of the molecule is CC(C)O[PH](N=NC(O)CC(Cl)c1ccc([N+](=O)[O-])cc1)(OC(C)C)OC(C)C. The minimum atomic E-state index is -3.52. The Labute approximate surface area is 177 Å². The van der Waals surface area contributed by atoms with E-state index >= 15 is 0 Å². The maximum absolute atomic E-state index is 10.7. The fraction of sp³-hybridized carbons (Fsp3) is 0.667. The molecule has 0 saturated carbocycles. The van der Waals surface area contributed by atoms with E-state index in [0.717, 1.165) is 0 Å². The van der Waals surface area contributed by atoms with Crippen LogP contribution in [0.5, 0.6) is 0 Å². The van der Waals surface area contributed by atoms with E-state index in [2.05, 4.69) is 10.00 Å². The summed E-state index contributed by atoms with van der Waals surface area (Å²) in [6.45, 7) is 11.0. The molecule has 0 radical (unpaired) electrons. The summed E-state index contributed by atoms with van der Waals surface area (Å²) in [7, 11) is -3.52. The number of nitro groups is 1. The molecule has 2 unspecified atom stereocenters. The zero-order valence-electron chi connectivity index (χ0n) is 17.6. The molecule has 1 N–H and O–H groups in total. The fourth-order valence-corrected chi connectivity index (χ4v) is 5.03. The van der Waals surface area contributed by atoms with Crippen LogP contribution >= 0.6 is 19.7 Å². The molecule has 1 aromatic rings. The number of nitro benzene ring substituents is 1. The second kappa shape index (κ2) is 11.8. The van der Waals surface area contributed by atoms with Crippen LogP contribution in [0.25, 0.3) is 0 Å². The van der Waals surface area contributed by atoms with Crippen LogP contribution in [0.3, 0.4) is 0 Å². The molecule has 0 heterocycles. The summed E-state index contributed by atoms with van der Waals surface area (Å²) in [5, 5.41) is 24.4. The summed E-state index contributed by atoms with van der Waals surface area (Å²) < 4.78 is 17.6. The van der Waals surface area contributed by atoms with Crippen LogP contribution in [-0.4, -0.2) is 34.6 Å². The summed E-state index contributed by atoms with van der Waals surface area (Å²) in [6, 6.07) is 5.81. The Morgan fingerprint density at radius 1 is 1.03 bits per heavy atom. The molecule has 0 aromatic heterocycles. The Morgan fingerprint density at radius 2 is 1.48 bits per heavy atom. The van der Waals surface area contributed by atoms with Gasteiger partial charge in [-0.3, -0.25) is 0 Å². The van der Waals surface area contributed by atoms with Crippen molar-refractivity contribution in [3.63, 3.8) is 0 Å². The molecule has 0 fully saturated rings. The van der Waals surface area contributed by atoms with Gasteiger partial charge in [0.15, 0.2) is 0 Å². The molecule has 11 heteroatoms. The van der Waals surface area contributed by atoms with E-state index in [-0.39, 0.29) is 30.4 Å². The first-order valence-electron chi connectivity index (χ1n) is 9.46. The van der Waals surface area contributed by atoms with Crippen molar-refractivity contribution < 1.29 is 23.6 Å². The van der Waals surface area contributed by atoms with E-state index in [1.165, 1.54) is 12.1 Å². The van der Waals surface area contributed by atoms with Gasteiger partial charge in [0.1, 0.15) is 0 Å². The van der Waals surface area contributed by atoms with Gasteiger partial charge in [0.2, 0.25) is 0 Å². The standard InChI is InChI=1S/C18H31ClN3O6P/c1-12(2)26-29(27-13(3)4,28-14(5)6)21-20-18(23)11-17(19)15-7-9-16(10-8-15)22(24)25/h7-10,12-14,17-18,23,29H,11H2,1-6H3. The topological polar surface area (TPSA) is 116 Å². The van der Waals surface area contributed by atoms with Gasteiger partial charge in [-0.15, -0.1) is 0 Å². The molecular weight excluding hydrogens is 421 g/mol. The van der Waals surface area contributed by atoms with Crippen LogP contribution in [0.15, 0.2) is 34.3 Å². The molecule has 1 aromatic carbocycles. The van der Waals surface area contributed by atoms with E-state index in [1.807, 2.05) is 41.5 Å². The zero-order valence-corrected chi connectivity index (χ0v) is 19.4. The quantitative estimate of drug-likeness (QED) is 0.143. The van der Waals surface area contributed by atoms with Gasteiger partial charge in [-0.25, -0.2) is 0 Å². The molecule has 29 heavy (non-hydrogen) atoms. The van der Waals surface area contributed by atoms with Crippen molar-refractivity contribution in [2.24, 2.45) is 10.00 Å². The molecule has 0 aliphatic carbocycles. The summed E-state index contributed by atoms with van der Waals surface area (Å²) >= 11 is 6.32. The molecule has 166 valence electrons. The van der Waals surface area contributed by atoms with Crippen LogP contribution in [-0.2, 0) is 13.6 Å². The zero-order chi connectivity index (χ0) is 22.2. The molecule has 9 nitrogen and oxygen atoms in total. The van der Waals surface area contributed by atoms with E-state index < -0.39 is 24.6 Å². The third-order valence-corrected chi connectivity index (χ3v) is 6.45.